The topological polar surface area (TPSA) is 99.1 Å². The van der Waals surface area contributed by atoms with Gasteiger partial charge in [-0.1, -0.05) is 0 Å². The van der Waals surface area contributed by atoms with Gasteiger partial charge in [-0.25, -0.2) is 9.18 Å². The van der Waals surface area contributed by atoms with Gasteiger partial charge in [0.05, 0.1) is 6.04 Å². The van der Waals surface area contributed by atoms with E-state index >= 15 is 0 Å². The van der Waals surface area contributed by atoms with Crippen LogP contribution in [0.5, 0.6) is 0 Å². The molecule has 2 rings (SSSR count). The number of hydrogen-bond donors (Lipinski definition) is 2. The number of nitrogens with one attached hydrogen (secondary N) is 1. The number of ketones is 1. The normalized spacial score (nSPS) is 12.0. The van der Waals surface area contributed by atoms with Crippen LogP contribution in [0.15, 0.2) is 33.9 Å². The zero-order valence-corrected chi connectivity index (χ0v) is 13.0. The van der Waals surface area contributed by atoms with Crippen LogP contribution in [0.25, 0.3) is 0 Å². The molecule has 8 heteroatoms. The Morgan fingerprint density at radius 3 is 2.30 bits per heavy atom. The Labute approximate surface area is 131 Å². The third kappa shape index (κ3) is 3.01. The summed E-state index contributed by atoms with van der Waals surface area (Å²) in [5, 5.41) is 2.87. The second kappa shape index (κ2) is 6.07. The van der Waals surface area contributed by atoms with E-state index in [1.807, 2.05) is 0 Å². The molecule has 0 fully saturated rings. The smallest absolute Gasteiger partial charge is 0.332 e. The molecular weight excluding hydrogens is 303 g/mol. The minimum Gasteiger partial charge on any atom is -0.384 e. The number of nitrogen functional groups attached to an aromatic ring is 1. The first-order valence-corrected chi connectivity index (χ1v) is 6.85. The number of carbonyl (C=O) groups excluding carboxylic acids is 1. The molecular formula is C15H17FN4O3. The molecule has 0 aliphatic heterocycles. The Hall–Kier alpha value is -2.90. The summed E-state index contributed by atoms with van der Waals surface area (Å²) in [6.07, 6.45) is 0. The van der Waals surface area contributed by atoms with E-state index < -0.39 is 28.9 Å². The standard InChI is InChI=1S/C15H17FN4O3/c1-8(18-10-6-4-9(16)5-7-10)12(21)11-13(17)19(2)15(23)20(3)14(11)22/h4-8,18H,17H2,1-3H3. The third-order valence-corrected chi connectivity index (χ3v) is 3.58. The quantitative estimate of drug-likeness (QED) is 0.799. The number of aromatic nitrogens is 2. The number of carbonyl (C=O) groups is 1. The maximum atomic E-state index is 12.9. The summed E-state index contributed by atoms with van der Waals surface area (Å²) in [4.78, 5) is 36.5. The van der Waals surface area contributed by atoms with E-state index in [2.05, 4.69) is 5.32 Å². The molecule has 0 aliphatic carbocycles. The number of benzene rings is 1. The van der Waals surface area contributed by atoms with Gasteiger partial charge < -0.3 is 11.1 Å². The van der Waals surface area contributed by atoms with Crippen LogP contribution >= 0.6 is 0 Å². The van der Waals surface area contributed by atoms with E-state index in [0.29, 0.717) is 5.69 Å². The number of Topliss-reactive ketones (excluding diaryl/α,β-unsaturated/α-hetero) is 1. The third-order valence-electron chi connectivity index (χ3n) is 3.58. The van der Waals surface area contributed by atoms with E-state index in [4.69, 9.17) is 5.73 Å². The summed E-state index contributed by atoms with van der Waals surface area (Å²) in [6.45, 7) is 1.55. The van der Waals surface area contributed by atoms with Crippen molar-refractivity contribution in [3.63, 3.8) is 0 Å². The van der Waals surface area contributed by atoms with Crippen LogP contribution in [0.3, 0.4) is 0 Å². The van der Waals surface area contributed by atoms with E-state index in [-0.39, 0.29) is 11.4 Å². The fourth-order valence-electron chi connectivity index (χ4n) is 2.17. The zero-order valence-electron chi connectivity index (χ0n) is 13.0. The van der Waals surface area contributed by atoms with Crippen molar-refractivity contribution in [1.29, 1.82) is 0 Å². The van der Waals surface area contributed by atoms with Crippen molar-refractivity contribution in [2.45, 2.75) is 13.0 Å². The summed E-state index contributed by atoms with van der Waals surface area (Å²) >= 11 is 0. The van der Waals surface area contributed by atoms with E-state index in [9.17, 15) is 18.8 Å². The number of nitrogens with zero attached hydrogens (tertiary/aromatic N) is 2. The molecule has 0 radical (unpaired) electrons. The molecule has 0 saturated heterocycles. The van der Waals surface area contributed by atoms with Gasteiger partial charge in [0.25, 0.3) is 5.56 Å². The monoisotopic (exact) mass is 320 g/mol. The molecule has 23 heavy (non-hydrogen) atoms. The number of hydrogen-bond acceptors (Lipinski definition) is 5. The van der Waals surface area contributed by atoms with E-state index in [0.717, 1.165) is 9.13 Å². The lowest BCUT2D eigenvalue weighted by molar-refractivity contribution is 0.0973. The van der Waals surface area contributed by atoms with E-state index in [1.54, 1.807) is 6.92 Å². The van der Waals surface area contributed by atoms with Gasteiger partial charge in [0, 0.05) is 19.8 Å². The van der Waals surface area contributed by atoms with Crippen LogP contribution in [-0.2, 0) is 14.1 Å². The summed E-state index contributed by atoms with van der Waals surface area (Å²) < 4.78 is 14.8. The number of anilines is 2. The second-order valence-electron chi connectivity index (χ2n) is 5.20. The van der Waals surface area contributed by atoms with Crippen molar-refractivity contribution >= 4 is 17.3 Å². The van der Waals surface area contributed by atoms with Crippen LogP contribution in [-0.4, -0.2) is 21.0 Å². The lowest BCUT2D eigenvalue weighted by Gasteiger charge is -2.16. The first kappa shape index (κ1) is 16.5. The van der Waals surface area contributed by atoms with Crippen molar-refractivity contribution in [2.24, 2.45) is 14.1 Å². The van der Waals surface area contributed by atoms with Gasteiger partial charge in [0.1, 0.15) is 17.2 Å². The van der Waals surface area contributed by atoms with Gasteiger partial charge in [-0.15, -0.1) is 0 Å². The first-order chi connectivity index (χ1) is 10.7. The van der Waals surface area contributed by atoms with Crippen molar-refractivity contribution in [3.8, 4) is 0 Å². The zero-order chi connectivity index (χ0) is 17.3. The summed E-state index contributed by atoms with van der Waals surface area (Å²) in [6, 6.07) is 4.66. The van der Waals surface area contributed by atoms with Gasteiger partial charge in [0.15, 0.2) is 5.78 Å². The minimum absolute atomic E-state index is 0.184. The van der Waals surface area contributed by atoms with Crippen molar-refractivity contribution in [1.82, 2.24) is 9.13 Å². The molecule has 122 valence electrons. The molecule has 0 bridgehead atoms. The largest absolute Gasteiger partial charge is 0.384 e. The van der Waals surface area contributed by atoms with Gasteiger partial charge in [0.2, 0.25) is 0 Å². The molecule has 1 unspecified atom stereocenters. The minimum atomic E-state index is -0.784. The second-order valence-corrected chi connectivity index (χ2v) is 5.20. The highest BCUT2D eigenvalue weighted by Crippen LogP contribution is 2.13. The number of rotatable bonds is 4. The molecule has 1 heterocycles. The van der Waals surface area contributed by atoms with Crippen LogP contribution in [0.2, 0.25) is 0 Å². The molecule has 1 aromatic heterocycles. The molecule has 1 aromatic carbocycles. The first-order valence-electron chi connectivity index (χ1n) is 6.85. The van der Waals surface area contributed by atoms with Crippen molar-refractivity contribution in [3.05, 3.63) is 56.5 Å². The Morgan fingerprint density at radius 1 is 1.17 bits per heavy atom. The number of halogens is 1. The summed E-state index contributed by atoms with van der Waals surface area (Å²) in [5.74, 6) is -1.13. The molecule has 0 spiro atoms. The molecule has 3 N–H and O–H groups in total. The average molecular weight is 320 g/mol. The van der Waals surface area contributed by atoms with Gasteiger partial charge in [-0.3, -0.25) is 18.7 Å². The van der Waals surface area contributed by atoms with Gasteiger partial charge in [-0.2, -0.15) is 0 Å². The Morgan fingerprint density at radius 2 is 1.74 bits per heavy atom. The summed E-state index contributed by atoms with van der Waals surface area (Å²) in [5.41, 5.74) is 4.67. The predicted octanol–water partition coefficient (Wildman–Crippen LogP) is 0.489. The predicted molar refractivity (Wildman–Crippen MR) is 85.2 cm³/mol. The van der Waals surface area contributed by atoms with Crippen LogP contribution in [0.4, 0.5) is 15.9 Å². The lowest BCUT2D eigenvalue weighted by Crippen LogP contribution is -2.43. The molecule has 2 aromatic rings. The fraction of sp³-hybridized carbons (Fsp3) is 0.267. The maximum Gasteiger partial charge on any atom is 0.332 e. The molecule has 1 atom stereocenters. The Bertz CT molecular complexity index is 868. The fourth-order valence-corrected chi connectivity index (χ4v) is 2.17. The molecule has 0 saturated carbocycles. The van der Waals surface area contributed by atoms with Crippen molar-refractivity contribution in [2.75, 3.05) is 11.1 Å². The van der Waals surface area contributed by atoms with Crippen LogP contribution < -0.4 is 22.3 Å². The average Bonchev–Trinajstić information content (AvgIpc) is 2.53. The SMILES string of the molecule is CC(Nc1ccc(F)cc1)C(=O)c1c(N)n(C)c(=O)n(C)c1=O. The molecule has 0 amide bonds. The highest BCUT2D eigenvalue weighted by molar-refractivity contribution is 6.04. The Kier molecular flexibility index (Phi) is 4.35. The van der Waals surface area contributed by atoms with Crippen LogP contribution in [0.1, 0.15) is 17.3 Å². The van der Waals surface area contributed by atoms with Crippen LogP contribution in [0, 0.1) is 5.82 Å². The highest BCUT2D eigenvalue weighted by Gasteiger charge is 2.24. The lowest BCUT2D eigenvalue weighted by atomic mass is 10.1. The van der Waals surface area contributed by atoms with Gasteiger partial charge in [-0.05, 0) is 31.2 Å². The van der Waals surface area contributed by atoms with E-state index in [1.165, 1.54) is 38.4 Å². The number of nitrogens with two attached hydrogens (primary N) is 1. The summed E-state index contributed by atoms with van der Waals surface area (Å²) in [7, 11) is 2.66. The Balaban J connectivity index is 2.39. The maximum absolute atomic E-state index is 12.9. The highest BCUT2D eigenvalue weighted by atomic mass is 19.1. The van der Waals surface area contributed by atoms with Crippen molar-refractivity contribution < 1.29 is 9.18 Å². The molecule has 0 aliphatic rings. The molecule has 7 nitrogen and oxygen atoms in total. The van der Waals surface area contributed by atoms with Gasteiger partial charge >= 0.3 is 5.69 Å².